The minimum absolute atomic E-state index is 0.0908. The summed E-state index contributed by atoms with van der Waals surface area (Å²) < 4.78 is 0. The van der Waals surface area contributed by atoms with Gasteiger partial charge in [0.2, 0.25) is 24.2 Å². The summed E-state index contributed by atoms with van der Waals surface area (Å²) in [6, 6.07) is 6.31. The van der Waals surface area contributed by atoms with E-state index in [0.29, 0.717) is 41.8 Å². The van der Waals surface area contributed by atoms with Gasteiger partial charge in [0, 0.05) is 89.7 Å². The molecule has 2 N–H and O–H groups in total. The van der Waals surface area contributed by atoms with Crippen molar-refractivity contribution < 1.29 is 19.2 Å². The van der Waals surface area contributed by atoms with Crippen LogP contribution in [0.2, 0.25) is 0 Å². The number of likely N-dealkylation sites (tertiary alicyclic amines) is 3. The zero-order valence-corrected chi connectivity index (χ0v) is 41.6. The maximum Gasteiger partial charge on any atom is 0.239 e. The summed E-state index contributed by atoms with van der Waals surface area (Å²) in [7, 11) is 9.63. The summed E-state index contributed by atoms with van der Waals surface area (Å²) in [4.78, 5) is 74.0. The number of nitrogens with one attached hydrogen (secondary N) is 2. The Labute approximate surface area is 395 Å². The van der Waals surface area contributed by atoms with E-state index in [1.165, 1.54) is 58.3 Å². The number of nitrogens with zero attached hydrogens (tertiary/aromatic N) is 9. The monoisotopic (exact) mass is 912 g/mol. The number of aromatic nitrogens is 2. The second kappa shape index (κ2) is 21.7. The third-order valence-corrected chi connectivity index (χ3v) is 16.1. The van der Waals surface area contributed by atoms with Crippen molar-refractivity contribution >= 4 is 53.3 Å². The van der Waals surface area contributed by atoms with Crippen molar-refractivity contribution in [3.05, 3.63) is 30.0 Å². The fourth-order valence-corrected chi connectivity index (χ4v) is 12.0. The quantitative estimate of drug-likeness (QED) is 0.223. The Balaban J connectivity index is 0.000000201. The van der Waals surface area contributed by atoms with Crippen molar-refractivity contribution in [3.63, 3.8) is 0 Å². The lowest BCUT2D eigenvalue weighted by Gasteiger charge is -2.58. The lowest BCUT2D eigenvalue weighted by molar-refractivity contribution is -0.121. The number of amides is 3. The van der Waals surface area contributed by atoms with Crippen LogP contribution >= 0.6 is 0 Å². The second-order valence-corrected chi connectivity index (χ2v) is 20.5. The number of likely N-dealkylation sites (N-methyl/N-ethyl adjacent to an activating group) is 2. The molecule has 6 fully saturated rings. The predicted octanol–water partition coefficient (Wildman–Crippen LogP) is 5.77. The van der Waals surface area contributed by atoms with E-state index in [4.69, 9.17) is 4.98 Å². The Morgan fingerprint density at radius 3 is 2.27 bits per heavy atom. The molecule has 7 aliphatic rings. The van der Waals surface area contributed by atoms with Crippen LogP contribution in [0.3, 0.4) is 0 Å². The molecule has 4 saturated heterocycles. The van der Waals surface area contributed by atoms with Gasteiger partial charge in [0.1, 0.15) is 12.1 Å². The van der Waals surface area contributed by atoms with E-state index in [2.05, 4.69) is 67.2 Å². The molecule has 1 aromatic heterocycles. The molecule has 0 bridgehead atoms. The van der Waals surface area contributed by atoms with Crippen molar-refractivity contribution in [2.24, 2.45) is 11.8 Å². The first kappa shape index (κ1) is 49.6. The maximum absolute atomic E-state index is 13.2. The Hall–Kier alpha value is -4.34. The summed E-state index contributed by atoms with van der Waals surface area (Å²) in [6.07, 6.45) is 18.3. The number of piperidine rings is 3. The molecule has 1 aromatic carbocycles. The summed E-state index contributed by atoms with van der Waals surface area (Å²) in [5, 5.41) is 6.15. The average Bonchev–Trinajstić information content (AvgIpc) is 3.98. The number of carbonyl (C=O) groups excluding carboxylic acids is 4. The van der Waals surface area contributed by atoms with Gasteiger partial charge in [0.05, 0.1) is 28.5 Å². The number of rotatable bonds is 14. The second-order valence-electron chi connectivity index (χ2n) is 20.5. The number of fused-ring (bicyclic) bond motifs is 2. The molecule has 3 amide bonds. The minimum Gasteiger partial charge on any atom is -0.370 e. The highest BCUT2D eigenvalue weighted by molar-refractivity contribution is 6.09. The van der Waals surface area contributed by atoms with E-state index < -0.39 is 6.04 Å². The fraction of sp³-hybridized carbons (Fsp3) is 0.725. The van der Waals surface area contributed by atoms with E-state index in [0.717, 1.165) is 112 Å². The van der Waals surface area contributed by atoms with Crippen molar-refractivity contribution in [3.8, 4) is 0 Å². The van der Waals surface area contributed by atoms with E-state index in [9.17, 15) is 19.2 Å². The third-order valence-electron chi connectivity index (χ3n) is 16.1. The van der Waals surface area contributed by atoms with Gasteiger partial charge in [-0.2, -0.15) is 4.98 Å². The van der Waals surface area contributed by atoms with Crippen molar-refractivity contribution in [1.29, 1.82) is 0 Å². The fourth-order valence-electron chi connectivity index (χ4n) is 12.0. The largest absolute Gasteiger partial charge is 0.370 e. The van der Waals surface area contributed by atoms with E-state index in [1.807, 2.05) is 44.1 Å². The van der Waals surface area contributed by atoms with E-state index in [-0.39, 0.29) is 23.7 Å². The molecule has 15 heteroatoms. The molecular formula is C51H81N11O4. The number of benzene rings is 1. The van der Waals surface area contributed by atoms with Crippen LogP contribution in [0.25, 0.3) is 0 Å². The number of hydrogen-bond donors (Lipinski definition) is 2. The number of carbonyl (C=O) groups is 4. The molecule has 3 unspecified atom stereocenters. The number of anilines is 5. The summed E-state index contributed by atoms with van der Waals surface area (Å²) >= 11 is 0. The first-order valence-corrected chi connectivity index (χ1v) is 25.4. The number of aldehydes is 1. The molecule has 6 heterocycles. The van der Waals surface area contributed by atoms with Gasteiger partial charge in [-0.15, -0.1) is 0 Å². The highest BCUT2D eigenvalue weighted by Gasteiger charge is 2.62. The summed E-state index contributed by atoms with van der Waals surface area (Å²) in [5.41, 5.74) is 3.85. The molecule has 2 saturated carbocycles. The molecule has 0 radical (unpaired) electrons. The molecule has 364 valence electrons. The third kappa shape index (κ3) is 10.4. The van der Waals surface area contributed by atoms with Gasteiger partial charge in [0.15, 0.2) is 0 Å². The Bertz CT molecular complexity index is 1970. The van der Waals surface area contributed by atoms with Crippen LogP contribution in [0, 0.1) is 11.8 Å². The molecule has 2 aromatic rings. The van der Waals surface area contributed by atoms with Gasteiger partial charge in [-0.05, 0) is 128 Å². The van der Waals surface area contributed by atoms with Crippen molar-refractivity contribution in [2.45, 2.75) is 140 Å². The van der Waals surface area contributed by atoms with Gasteiger partial charge in [-0.3, -0.25) is 24.2 Å². The predicted molar refractivity (Wildman–Crippen MR) is 266 cm³/mol. The standard InChI is InChI=1S/C29H46N6O3.C20H29N5O.C2H6/c1-30-27(38)11-10-24(19-36)33(4)25-8-7-9-26(28(25)32(3)22-37)34-16-12-23(13-17-34)18-35-15-6-5-14-29(35)20-31(2)21-29;1-13-4-3-5-16(13)25-17-15(20(8-9-20)18(25)26)12-21-19(23-17)22-14-6-10-24(2)11-7-14;1-2/h7-9,19,22-24H,5-6,10-18,20-21H2,1-4H3,(H,30,38);12-14,16H,3-11H2,1-2H3,(H,21,22,23);1-2H3. The molecule has 2 aliphatic carbocycles. The molecule has 3 atom stereocenters. The van der Waals surface area contributed by atoms with E-state index >= 15 is 0 Å². The Morgan fingerprint density at radius 2 is 1.65 bits per heavy atom. The molecule has 66 heavy (non-hydrogen) atoms. The highest BCUT2D eigenvalue weighted by atomic mass is 16.2. The average molecular weight is 912 g/mol. The summed E-state index contributed by atoms with van der Waals surface area (Å²) in [5.74, 6) is 3.04. The molecule has 2 spiro atoms. The minimum atomic E-state index is -0.463. The molecule has 9 rings (SSSR count). The van der Waals surface area contributed by atoms with Crippen LogP contribution < -0.4 is 30.2 Å². The van der Waals surface area contributed by atoms with Gasteiger partial charge in [0.25, 0.3) is 0 Å². The first-order valence-electron chi connectivity index (χ1n) is 25.4. The normalized spacial score (nSPS) is 24.3. The Kier molecular flexibility index (Phi) is 16.3. The van der Waals surface area contributed by atoms with Gasteiger partial charge in [-0.25, -0.2) is 4.98 Å². The van der Waals surface area contributed by atoms with Crippen LogP contribution in [0.15, 0.2) is 24.4 Å². The SMILES string of the molecule is CC.CC1CCCC1N1C(=O)C2(CC2)c2cnc(NC3CCN(C)CC3)nc21.CNC(=O)CCC(C=O)N(C)c1cccc(N2CCC(CN3CCCCC34CN(C)C4)CC2)c1N(C)C=O. The lowest BCUT2D eigenvalue weighted by Crippen LogP contribution is -2.71. The number of para-hydroxylation sites is 1. The smallest absolute Gasteiger partial charge is 0.239 e. The topological polar surface area (TPSA) is 141 Å². The van der Waals surface area contributed by atoms with Crippen molar-refractivity contribution in [2.75, 3.05) is 113 Å². The highest BCUT2D eigenvalue weighted by Crippen LogP contribution is 2.58. The zero-order chi connectivity index (χ0) is 47.2. The van der Waals surface area contributed by atoms with Crippen LogP contribution in [-0.2, 0) is 24.6 Å². The van der Waals surface area contributed by atoms with E-state index in [1.54, 1.807) is 19.0 Å². The summed E-state index contributed by atoms with van der Waals surface area (Å²) in [6.45, 7) is 15.2. The zero-order valence-electron chi connectivity index (χ0n) is 41.6. The number of hydrogen-bond acceptors (Lipinski definition) is 12. The Morgan fingerprint density at radius 1 is 0.924 bits per heavy atom. The van der Waals surface area contributed by atoms with Gasteiger partial charge in [-0.1, -0.05) is 39.7 Å². The van der Waals surface area contributed by atoms with Gasteiger partial charge < -0.3 is 39.9 Å². The molecular weight excluding hydrogens is 831 g/mol. The lowest BCUT2D eigenvalue weighted by atomic mass is 9.79. The first-order chi connectivity index (χ1) is 31.9. The van der Waals surface area contributed by atoms with Crippen LogP contribution in [0.1, 0.15) is 116 Å². The molecule has 5 aliphatic heterocycles. The van der Waals surface area contributed by atoms with Crippen LogP contribution in [0.5, 0.6) is 0 Å². The van der Waals surface area contributed by atoms with Crippen LogP contribution in [-0.4, -0.2) is 160 Å². The van der Waals surface area contributed by atoms with Crippen LogP contribution in [0.4, 0.5) is 28.8 Å². The van der Waals surface area contributed by atoms with Gasteiger partial charge >= 0.3 is 0 Å². The van der Waals surface area contributed by atoms with Crippen molar-refractivity contribution in [1.82, 2.24) is 30.0 Å². The molecule has 15 nitrogen and oxygen atoms in total. The maximum atomic E-state index is 13.2.